The van der Waals surface area contributed by atoms with Crippen molar-refractivity contribution in [2.75, 3.05) is 26.3 Å². The van der Waals surface area contributed by atoms with Gasteiger partial charge in [0.15, 0.2) is 0 Å². The molecule has 0 amide bonds. The van der Waals surface area contributed by atoms with E-state index in [0.717, 1.165) is 6.07 Å². The Kier molecular flexibility index (Phi) is 5.38. The average Bonchev–Trinajstić information content (AvgIpc) is 2.68. The van der Waals surface area contributed by atoms with Gasteiger partial charge in [-0.1, -0.05) is 24.3 Å². The smallest absolute Gasteiger partial charge is 0.335 e. The van der Waals surface area contributed by atoms with Gasteiger partial charge < -0.3 is 14.9 Å². The monoisotopic (exact) mass is 377 g/mol. The molecule has 1 aliphatic rings. The van der Waals surface area contributed by atoms with E-state index < -0.39 is 16.0 Å². The molecule has 0 bridgehead atoms. The summed E-state index contributed by atoms with van der Waals surface area (Å²) in [7, 11) is -3.84. The first-order chi connectivity index (χ1) is 12.4. The van der Waals surface area contributed by atoms with Gasteiger partial charge in [0.1, 0.15) is 0 Å². The molecular formula is C18H19NO6S. The third-order valence-corrected chi connectivity index (χ3v) is 6.14. The predicted octanol–water partition coefficient (Wildman–Crippen LogP) is 1.56. The number of aliphatic hydroxyl groups excluding tert-OH is 1. The van der Waals surface area contributed by atoms with E-state index in [1.54, 1.807) is 24.3 Å². The maximum atomic E-state index is 12.9. The van der Waals surface area contributed by atoms with E-state index in [2.05, 4.69) is 0 Å². The van der Waals surface area contributed by atoms with Crippen molar-refractivity contribution in [3.8, 4) is 11.1 Å². The molecule has 2 aromatic carbocycles. The van der Waals surface area contributed by atoms with Gasteiger partial charge in [-0.3, -0.25) is 0 Å². The third kappa shape index (κ3) is 3.63. The van der Waals surface area contributed by atoms with Crippen molar-refractivity contribution in [2.24, 2.45) is 0 Å². The molecule has 0 unspecified atom stereocenters. The number of ether oxygens (including phenoxy) is 1. The van der Waals surface area contributed by atoms with Gasteiger partial charge in [0.05, 0.1) is 30.3 Å². The number of sulfonamides is 1. The molecule has 1 aliphatic heterocycles. The van der Waals surface area contributed by atoms with Gasteiger partial charge in [-0.2, -0.15) is 4.31 Å². The summed E-state index contributed by atoms with van der Waals surface area (Å²) in [5.41, 5.74) is 1.49. The summed E-state index contributed by atoms with van der Waals surface area (Å²) in [4.78, 5) is 11.4. The van der Waals surface area contributed by atoms with Crippen LogP contribution in [0.4, 0.5) is 0 Å². The maximum Gasteiger partial charge on any atom is 0.335 e. The molecule has 0 aromatic heterocycles. The Morgan fingerprint density at radius 1 is 1.12 bits per heavy atom. The SMILES string of the molecule is O=C(O)c1cc(-c2ccccc2CO)cc(S(=O)(=O)N2CCOCC2)c1. The van der Waals surface area contributed by atoms with Crippen molar-refractivity contribution in [1.82, 2.24) is 4.31 Å². The molecule has 1 heterocycles. The number of hydrogen-bond acceptors (Lipinski definition) is 5. The van der Waals surface area contributed by atoms with Crippen molar-refractivity contribution >= 4 is 16.0 Å². The van der Waals surface area contributed by atoms with E-state index in [9.17, 15) is 23.4 Å². The van der Waals surface area contributed by atoms with Crippen LogP contribution in [0.15, 0.2) is 47.4 Å². The fourth-order valence-electron chi connectivity index (χ4n) is 2.90. The van der Waals surface area contributed by atoms with Crippen LogP contribution >= 0.6 is 0 Å². The highest BCUT2D eigenvalue weighted by Gasteiger charge is 2.28. The number of morpholine rings is 1. The van der Waals surface area contributed by atoms with Crippen LogP contribution in [0.2, 0.25) is 0 Å². The van der Waals surface area contributed by atoms with Crippen LogP contribution in [0.1, 0.15) is 15.9 Å². The van der Waals surface area contributed by atoms with Crippen molar-refractivity contribution in [3.05, 3.63) is 53.6 Å². The van der Waals surface area contributed by atoms with Crippen LogP contribution in [0.3, 0.4) is 0 Å². The first kappa shape index (κ1) is 18.5. The van der Waals surface area contributed by atoms with E-state index in [0.29, 0.717) is 29.9 Å². The minimum Gasteiger partial charge on any atom is -0.478 e. The number of carbonyl (C=O) groups is 1. The van der Waals surface area contributed by atoms with E-state index in [4.69, 9.17) is 4.74 Å². The largest absolute Gasteiger partial charge is 0.478 e. The van der Waals surface area contributed by atoms with E-state index in [-0.39, 0.29) is 30.2 Å². The summed E-state index contributed by atoms with van der Waals surface area (Å²) in [5, 5.41) is 18.9. The van der Waals surface area contributed by atoms with Gasteiger partial charge in [0.2, 0.25) is 10.0 Å². The van der Waals surface area contributed by atoms with Gasteiger partial charge >= 0.3 is 5.97 Å². The molecule has 26 heavy (non-hydrogen) atoms. The van der Waals surface area contributed by atoms with Gasteiger partial charge in [0, 0.05) is 13.1 Å². The van der Waals surface area contributed by atoms with Crippen LogP contribution in [0.25, 0.3) is 11.1 Å². The molecule has 0 radical (unpaired) electrons. The molecule has 138 valence electrons. The molecule has 7 nitrogen and oxygen atoms in total. The minimum absolute atomic E-state index is 0.0814. The second-order valence-corrected chi connectivity index (χ2v) is 7.82. The predicted molar refractivity (Wildman–Crippen MR) is 94.3 cm³/mol. The Hall–Kier alpha value is -2.26. The Bertz CT molecular complexity index is 919. The molecular weight excluding hydrogens is 358 g/mol. The first-order valence-corrected chi connectivity index (χ1v) is 9.53. The van der Waals surface area contributed by atoms with Gasteiger partial charge in [-0.25, -0.2) is 13.2 Å². The average molecular weight is 377 g/mol. The normalized spacial score (nSPS) is 15.7. The van der Waals surface area contributed by atoms with Crippen LogP contribution in [-0.4, -0.2) is 55.2 Å². The summed E-state index contributed by atoms with van der Waals surface area (Å²) in [6.07, 6.45) is 0. The first-order valence-electron chi connectivity index (χ1n) is 8.09. The van der Waals surface area contributed by atoms with E-state index >= 15 is 0 Å². The van der Waals surface area contributed by atoms with Gasteiger partial charge in [0.25, 0.3) is 0 Å². The Labute approximate surface area is 151 Å². The highest BCUT2D eigenvalue weighted by molar-refractivity contribution is 7.89. The molecule has 0 aliphatic carbocycles. The number of hydrogen-bond donors (Lipinski definition) is 2. The molecule has 0 atom stereocenters. The zero-order valence-corrected chi connectivity index (χ0v) is 14.8. The zero-order valence-electron chi connectivity index (χ0n) is 14.0. The van der Waals surface area contributed by atoms with Crippen LogP contribution in [0, 0.1) is 0 Å². The summed E-state index contributed by atoms with van der Waals surface area (Å²) in [5.74, 6) is -1.22. The van der Waals surface area contributed by atoms with Crippen LogP contribution in [-0.2, 0) is 21.4 Å². The minimum atomic E-state index is -3.84. The molecule has 3 rings (SSSR count). The van der Waals surface area contributed by atoms with Gasteiger partial charge in [-0.05, 0) is 34.9 Å². The van der Waals surface area contributed by atoms with Crippen LogP contribution < -0.4 is 0 Å². The molecule has 1 saturated heterocycles. The lowest BCUT2D eigenvalue weighted by molar-refractivity contribution is 0.0696. The van der Waals surface area contributed by atoms with Gasteiger partial charge in [-0.15, -0.1) is 0 Å². The Morgan fingerprint density at radius 3 is 2.46 bits per heavy atom. The summed E-state index contributed by atoms with van der Waals surface area (Å²) >= 11 is 0. The highest BCUT2D eigenvalue weighted by atomic mass is 32.2. The lowest BCUT2D eigenvalue weighted by Gasteiger charge is -2.26. The second-order valence-electron chi connectivity index (χ2n) is 5.88. The second kappa shape index (κ2) is 7.55. The number of carboxylic acids is 1. The molecule has 2 N–H and O–H groups in total. The molecule has 0 spiro atoms. The Morgan fingerprint density at radius 2 is 1.81 bits per heavy atom. The van der Waals surface area contributed by atoms with Crippen LogP contribution in [0.5, 0.6) is 0 Å². The fourth-order valence-corrected chi connectivity index (χ4v) is 4.38. The zero-order chi connectivity index (χ0) is 18.7. The lowest BCUT2D eigenvalue weighted by Crippen LogP contribution is -2.40. The highest BCUT2D eigenvalue weighted by Crippen LogP contribution is 2.29. The third-order valence-electron chi connectivity index (χ3n) is 4.26. The lowest BCUT2D eigenvalue weighted by atomic mass is 9.98. The van der Waals surface area contributed by atoms with Crippen molar-refractivity contribution in [2.45, 2.75) is 11.5 Å². The number of nitrogens with zero attached hydrogens (tertiary/aromatic N) is 1. The standard InChI is InChI=1S/C18H19NO6S/c20-12-13-3-1-2-4-17(13)14-9-15(18(21)22)11-16(10-14)26(23,24)19-5-7-25-8-6-19/h1-4,9-11,20H,5-8,12H2,(H,21,22). The summed E-state index contributed by atoms with van der Waals surface area (Å²) in [6, 6.07) is 11.0. The van der Waals surface area contributed by atoms with Crippen molar-refractivity contribution < 1.29 is 28.2 Å². The maximum absolute atomic E-state index is 12.9. The molecule has 2 aromatic rings. The quantitative estimate of drug-likeness (QED) is 0.820. The topological polar surface area (TPSA) is 104 Å². The number of rotatable bonds is 5. The van der Waals surface area contributed by atoms with Crippen molar-refractivity contribution in [3.63, 3.8) is 0 Å². The van der Waals surface area contributed by atoms with E-state index in [1.807, 2.05) is 0 Å². The molecule has 0 saturated carbocycles. The Balaban J connectivity index is 2.14. The number of carboxylic acid groups (broad SMARTS) is 1. The summed E-state index contributed by atoms with van der Waals surface area (Å²) in [6.45, 7) is 0.819. The fraction of sp³-hybridized carbons (Fsp3) is 0.278. The number of aromatic carboxylic acids is 1. The van der Waals surface area contributed by atoms with E-state index in [1.165, 1.54) is 16.4 Å². The van der Waals surface area contributed by atoms with Crippen molar-refractivity contribution in [1.29, 1.82) is 0 Å². The number of benzene rings is 2. The molecule has 8 heteroatoms. The number of aliphatic hydroxyl groups is 1. The molecule has 1 fully saturated rings. The summed E-state index contributed by atoms with van der Waals surface area (Å²) < 4.78 is 32.3.